The number of rotatable bonds is 6. The number of methoxy groups -OCH3 is 1. The fourth-order valence-corrected chi connectivity index (χ4v) is 9.00. The summed E-state index contributed by atoms with van der Waals surface area (Å²) in [6.45, 7) is 8.80. The molecule has 0 N–H and O–H groups in total. The minimum absolute atomic E-state index is 0.00896. The number of thiophene rings is 1. The van der Waals surface area contributed by atoms with E-state index in [4.69, 9.17) is 4.74 Å². The molecule has 2 fully saturated rings. The molecule has 10 heteroatoms. The number of hydrogen-bond acceptors (Lipinski definition) is 7. The summed E-state index contributed by atoms with van der Waals surface area (Å²) in [5.74, 6) is -1.33. The summed E-state index contributed by atoms with van der Waals surface area (Å²) in [6, 6.07) is 17.7. The summed E-state index contributed by atoms with van der Waals surface area (Å²) < 4.78 is 34.0. The SMILES string of the molecule is COC(=O)c1cc(C)c(S(=O)(=O)N2CC(c3ccccc3)[C@H](C(=O)N3CCN(c4cc(C)ccc4C)CC3)C2)s1. The van der Waals surface area contributed by atoms with Crippen LogP contribution in [0.4, 0.5) is 5.69 Å². The van der Waals surface area contributed by atoms with E-state index in [2.05, 4.69) is 36.9 Å². The number of ether oxygens (including phenoxy) is 1. The number of carbonyl (C=O) groups is 2. The van der Waals surface area contributed by atoms with Gasteiger partial charge in [0.05, 0.1) is 13.0 Å². The molecule has 0 radical (unpaired) electrons. The molecular weight excluding hydrogens is 546 g/mol. The van der Waals surface area contributed by atoms with Crippen LogP contribution in [0.3, 0.4) is 0 Å². The van der Waals surface area contributed by atoms with Crippen LogP contribution in [0.2, 0.25) is 0 Å². The topological polar surface area (TPSA) is 87.2 Å². The van der Waals surface area contributed by atoms with Gasteiger partial charge in [-0.1, -0.05) is 42.5 Å². The molecule has 0 saturated carbocycles. The molecule has 0 aliphatic carbocycles. The average Bonchev–Trinajstić information content (AvgIpc) is 3.59. The van der Waals surface area contributed by atoms with Gasteiger partial charge in [0, 0.05) is 50.9 Å². The second kappa shape index (κ2) is 11.3. The molecule has 1 amide bonds. The molecule has 2 aliphatic rings. The Labute approximate surface area is 240 Å². The van der Waals surface area contributed by atoms with Crippen molar-refractivity contribution in [3.63, 3.8) is 0 Å². The predicted octanol–water partition coefficient (Wildman–Crippen LogP) is 4.21. The number of benzene rings is 2. The monoisotopic (exact) mass is 581 g/mol. The number of aryl methyl sites for hydroxylation is 3. The third-order valence-corrected chi connectivity index (χ3v) is 11.6. The van der Waals surface area contributed by atoms with Crippen LogP contribution in [0.5, 0.6) is 0 Å². The molecule has 5 rings (SSSR count). The third-order valence-electron chi connectivity index (χ3n) is 7.96. The Bertz CT molecular complexity index is 1510. The van der Waals surface area contributed by atoms with Crippen molar-refractivity contribution in [2.75, 3.05) is 51.3 Å². The lowest BCUT2D eigenvalue weighted by molar-refractivity contribution is -0.135. The Morgan fingerprint density at radius 2 is 1.60 bits per heavy atom. The molecule has 8 nitrogen and oxygen atoms in total. The zero-order valence-electron chi connectivity index (χ0n) is 23.3. The van der Waals surface area contributed by atoms with Crippen molar-refractivity contribution >= 4 is 38.9 Å². The lowest BCUT2D eigenvalue weighted by Crippen LogP contribution is -2.51. The molecule has 1 aromatic heterocycles. The summed E-state index contributed by atoms with van der Waals surface area (Å²) in [4.78, 5) is 30.5. The van der Waals surface area contributed by atoms with E-state index in [0.717, 1.165) is 30.0 Å². The molecule has 3 aromatic rings. The van der Waals surface area contributed by atoms with E-state index >= 15 is 0 Å². The first-order valence-electron chi connectivity index (χ1n) is 13.4. The zero-order chi connectivity index (χ0) is 28.6. The van der Waals surface area contributed by atoms with E-state index in [1.54, 1.807) is 13.0 Å². The highest BCUT2D eigenvalue weighted by atomic mass is 32.2. The maximum Gasteiger partial charge on any atom is 0.348 e. The lowest BCUT2D eigenvalue weighted by Gasteiger charge is -2.38. The maximum atomic E-state index is 14.0. The van der Waals surface area contributed by atoms with Crippen LogP contribution in [0.25, 0.3) is 0 Å². The average molecular weight is 582 g/mol. The second-order valence-electron chi connectivity index (χ2n) is 10.6. The van der Waals surface area contributed by atoms with Crippen molar-refractivity contribution in [1.82, 2.24) is 9.21 Å². The first-order valence-corrected chi connectivity index (χ1v) is 15.7. The normalized spacial score (nSPS) is 20.1. The Balaban J connectivity index is 1.38. The van der Waals surface area contributed by atoms with Crippen molar-refractivity contribution in [3.8, 4) is 0 Å². The molecule has 2 aromatic carbocycles. The van der Waals surface area contributed by atoms with Gasteiger partial charge in [-0.25, -0.2) is 13.2 Å². The third kappa shape index (κ3) is 5.40. The summed E-state index contributed by atoms with van der Waals surface area (Å²) >= 11 is 0.916. The number of esters is 1. The van der Waals surface area contributed by atoms with Gasteiger partial charge in [-0.2, -0.15) is 4.31 Å². The maximum absolute atomic E-state index is 14.0. The number of amides is 1. The summed E-state index contributed by atoms with van der Waals surface area (Å²) in [5.41, 5.74) is 5.07. The smallest absolute Gasteiger partial charge is 0.348 e. The minimum Gasteiger partial charge on any atom is -0.465 e. The van der Waals surface area contributed by atoms with Crippen LogP contribution >= 0.6 is 11.3 Å². The van der Waals surface area contributed by atoms with Gasteiger partial charge >= 0.3 is 5.97 Å². The van der Waals surface area contributed by atoms with Gasteiger partial charge in [-0.15, -0.1) is 11.3 Å². The first-order chi connectivity index (χ1) is 19.1. The summed E-state index contributed by atoms with van der Waals surface area (Å²) in [7, 11) is -2.64. The van der Waals surface area contributed by atoms with E-state index in [9.17, 15) is 18.0 Å². The van der Waals surface area contributed by atoms with Crippen LogP contribution in [0.1, 0.15) is 37.8 Å². The van der Waals surface area contributed by atoms with E-state index < -0.39 is 21.9 Å². The van der Waals surface area contributed by atoms with Gasteiger partial charge in [-0.3, -0.25) is 4.79 Å². The Morgan fingerprint density at radius 1 is 0.900 bits per heavy atom. The number of carbonyl (C=O) groups excluding carboxylic acids is 2. The van der Waals surface area contributed by atoms with Crippen LogP contribution in [-0.4, -0.2) is 75.9 Å². The van der Waals surface area contributed by atoms with Gasteiger partial charge in [-0.05, 0) is 55.2 Å². The van der Waals surface area contributed by atoms with Crippen LogP contribution in [0, 0.1) is 26.7 Å². The van der Waals surface area contributed by atoms with E-state index in [0.29, 0.717) is 18.7 Å². The van der Waals surface area contributed by atoms with Crippen molar-refractivity contribution in [1.29, 1.82) is 0 Å². The molecule has 0 spiro atoms. The van der Waals surface area contributed by atoms with Crippen LogP contribution in [0.15, 0.2) is 58.8 Å². The van der Waals surface area contributed by atoms with Gasteiger partial charge in [0.25, 0.3) is 10.0 Å². The molecule has 212 valence electrons. The van der Waals surface area contributed by atoms with Crippen molar-refractivity contribution < 1.29 is 22.7 Å². The number of nitrogens with zero attached hydrogens (tertiary/aromatic N) is 3. The van der Waals surface area contributed by atoms with Crippen molar-refractivity contribution in [2.24, 2.45) is 5.92 Å². The summed E-state index contributed by atoms with van der Waals surface area (Å²) in [6.07, 6.45) is 0. The number of anilines is 1. The van der Waals surface area contributed by atoms with Gasteiger partial charge in [0.15, 0.2) is 0 Å². The van der Waals surface area contributed by atoms with Gasteiger partial charge < -0.3 is 14.5 Å². The van der Waals surface area contributed by atoms with Gasteiger partial charge in [0.2, 0.25) is 5.91 Å². The van der Waals surface area contributed by atoms with E-state index in [1.807, 2.05) is 35.2 Å². The number of hydrogen-bond donors (Lipinski definition) is 0. The molecule has 2 atom stereocenters. The highest BCUT2D eigenvalue weighted by Gasteiger charge is 2.46. The van der Waals surface area contributed by atoms with E-state index in [1.165, 1.54) is 28.2 Å². The van der Waals surface area contributed by atoms with Crippen molar-refractivity contribution in [3.05, 3.63) is 81.7 Å². The van der Waals surface area contributed by atoms with Crippen LogP contribution in [-0.2, 0) is 19.6 Å². The number of sulfonamides is 1. The molecule has 40 heavy (non-hydrogen) atoms. The minimum atomic E-state index is -3.92. The molecular formula is C30H35N3O5S2. The van der Waals surface area contributed by atoms with Gasteiger partial charge in [0.1, 0.15) is 9.09 Å². The summed E-state index contributed by atoms with van der Waals surface area (Å²) in [5, 5.41) is 0. The first kappa shape index (κ1) is 28.3. The van der Waals surface area contributed by atoms with Crippen molar-refractivity contribution in [2.45, 2.75) is 30.9 Å². The largest absolute Gasteiger partial charge is 0.465 e. The number of piperazine rings is 1. The Morgan fingerprint density at radius 3 is 2.27 bits per heavy atom. The molecule has 1 unspecified atom stereocenters. The Kier molecular flexibility index (Phi) is 8.03. The molecule has 0 bridgehead atoms. The quantitative estimate of drug-likeness (QED) is 0.406. The second-order valence-corrected chi connectivity index (χ2v) is 13.8. The van der Waals surface area contributed by atoms with E-state index in [-0.39, 0.29) is 34.0 Å². The lowest BCUT2D eigenvalue weighted by atomic mass is 9.88. The molecule has 2 saturated heterocycles. The Hall–Kier alpha value is -3.21. The fraction of sp³-hybridized carbons (Fsp3) is 0.400. The van der Waals surface area contributed by atoms with Crippen LogP contribution < -0.4 is 4.90 Å². The predicted molar refractivity (Wildman–Crippen MR) is 157 cm³/mol. The highest BCUT2D eigenvalue weighted by molar-refractivity contribution is 7.91. The standard InChI is InChI=1S/C30H35N3O5S2/c1-20-10-11-21(2)26(16-20)31-12-14-32(15-13-31)28(34)25-19-33(18-24(25)23-8-6-5-7-9-23)40(36,37)30-22(3)17-27(39-30)29(35)38-4/h5-11,16-17,24-25H,12-15,18-19H2,1-4H3/t24?,25-/m1/s1. The fourth-order valence-electron chi connectivity index (χ4n) is 5.75. The highest BCUT2D eigenvalue weighted by Crippen LogP contribution is 2.39. The molecule has 3 heterocycles. The zero-order valence-corrected chi connectivity index (χ0v) is 24.9. The molecule has 2 aliphatic heterocycles.